The number of hydrogen-bond acceptors (Lipinski definition) is 3. The number of aryl methyl sites for hydroxylation is 2. The molecular formula is C24H31N3. The molecule has 0 spiro atoms. The number of rotatable bonds is 3. The molecule has 2 saturated heterocycles. The molecule has 0 amide bonds. The molecule has 1 aromatic carbocycles. The number of benzene rings is 1. The van der Waals surface area contributed by atoms with Gasteiger partial charge in [-0.3, -0.25) is 9.88 Å². The maximum absolute atomic E-state index is 4.49. The molecule has 1 aromatic heterocycles. The van der Waals surface area contributed by atoms with Crippen molar-refractivity contribution >= 4 is 5.69 Å². The zero-order valence-electron chi connectivity index (χ0n) is 16.9. The van der Waals surface area contributed by atoms with Crippen LogP contribution in [0.2, 0.25) is 0 Å². The number of pyridine rings is 1. The summed E-state index contributed by atoms with van der Waals surface area (Å²) in [6, 6.07) is 13.7. The van der Waals surface area contributed by atoms with E-state index in [-0.39, 0.29) is 0 Å². The second-order valence-corrected chi connectivity index (χ2v) is 8.96. The van der Waals surface area contributed by atoms with E-state index in [0.29, 0.717) is 18.0 Å². The SMILES string of the molecule is Cc1ccc2c(c1)C1[C@H]3CCC[C@@H](C[C@@H]1N2CCc1ccc(C)nc1)N3C. The van der Waals surface area contributed by atoms with Crippen LogP contribution in [0.15, 0.2) is 36.5 Å². The molecule has 3 aliphatic rings. The van der Waals surface area contributed by atoms with E-state index in [1.807, 2.05) is 0 Å². The van der Waals surface area contributed by atoms with Gasteiger partial charge < -0.3 is 4.90 Å². The number of piperidine rings is 2. The lowest BCUT2D eigenvalue weighted by molar-refractivity contribution is 0.0415. The van der Waals surface area contributed by atoms with E-state index in [4.69, 9.17) is 0 Å². The predicted octanol–water partition coefficient (Wildman–Crippen LogP) is 4.47. The Labute approximate surface area is 163 Å². The lowest BCUT2D eigenvalue weighted by Crippen LogP contribution is -2.57. The number of nitrogens with zero attached hydrogens (tertiary/aromatic N) is 3. The Morgan fingerprint density at radius 2 is 1.96 bits per heavy atom. The molecule has 0 saturated carbocycles. The summed E-state index contributed by atoms with van der Waals surface area (Å²) in [5.74, 6) is 0.678. The van der Waals surface area contributed by atoms with Gasteiger partial charge in [0.25, 0.3) is 0 Å². The van der Waals surface area contributed by atoms with Crippen LogP contribution in [0, 0.1) is 13.8 Å². The third-order valence-electron chi connectivity index (χ3n) is 7.34. The second kappa shape index (κ2) is 6.63. The van der Waals surface area contributed by atoms with E-state index < -0.39 is 0 Å². The second-order valence-electron chi connectivity index (χ2n) is 8.96. The van der Waals surface area contributed by atoms with Crippen LogP contribution in [0.1, 0.15) is 54.0 Å². The number of hydrogen-bond donors (Lipinski definition) is 0. The molecule has 5 rings (SSSR count). The molecule has 4 atom stereocenters. The van der Waals surface area contributed by atoms with Crippen molar-refractivity contribution in [3.63, 3.8) is 0 Å². The number of anilines is 1. The summed E-state index contributed by atoms with van der Waals surface area (Å²) in [7, 11) is 2.38. The van der Waals surface area contributed by atoms with E-state index in [1.165, 1.54) is 42.5 Å². The van der Waals surface area contributed by atoms with Crippen molar-refractivity contribution in [3.8, 4) is 0 Å². The minimum Gasteiger partial charge on any atom is -0.367 e. The lowest BCUT2D eigenvalue weighted by Gasteiger charge is -2.51. The molecule has 3 aliphatic heterocycles. The van der Waals surface area contributed by atoms with E-state index in [1.54, 1.807) is 5.56 Å². The van der Waals surface area contributed by atoms with Gasteiger partial charge in [0.2, 0.25) is 0 Å². The molecule has 2 bridgehead atoms. The fourth-order valence-corrected chi connectivity index (χ4v) is 5.94. The standard InChI is InChI=1S/C24H31N3/c1-16-7-10-21-20(13-16)24-22-6-4-5-19(26(22)3)14-23(24)27(21)12-11-18-9-8-17(2)25-15-18/h7-10,13,15,19,22-24H,4-6,11-12,14H2,1-3H3/t19-,22+,23-,24?/m0/s1. The molecular weight excluding hydrogens is 330 g/mol. The molecule has 4 heterocycles. The van der Waals surface area contributed by atoms with Gasteiger partial charge in [-0.1, -0.05) is 30.2 Å². The van der Waals surface area contributed by atoms with Gasteiger partial charge in [-0.25, -0.2) is 0 Å². The Balaban J connectivity index is 1.47. The van der Waals surface area contributed by atoms with E-state index in [0.717, 1.165) is 24.7 Å². The van der Waals surface area contributed by atoms with Crippen LogP contribution in [0.3, 0.4) is 0 Å². The summed E-state index contributed by atoms with van der Waals surface area (Å²) in [6.45, 7) is 5.40. The quantitative estimate of drug-likeness (QED) is 0.804. The van der Waals surface area contributed by atoms with Crippen molar-refractivity contribution in [2.45, 2.75) is 70.0 Å². The minimum absolute atomic E-state index is 0.673. The van der Waals surface area contributed by atoms with Gasteiger partial charge in [-0.2, -0.15) is 0 Å². The average molecular weight is 362 g/mol. The fourth-order valence-electron chi connectivity index (χ4n) is 5.94. The summed E-state index contributed by atoms with van der Waals surface area (Å²) < 4.78 is 0. The maximum atomic E-state index is 4.49. The highest BCUT2D eigenvalue weighted by Crippen LogP contribution is 2.51. The molecule has 142 valence electrons. The number of aromatic nitrogens is 1. The van der Waals surface area contributed by atoms with Crippen LogP contribution in [0.25, 0.3) is 0 Å². The van der Waals surface area contributed by atoms with Crippen LogP contribution in [0.5, 0.6) is 0 Å². The van der Waals surface area contributed by atoms with Crippen molar-refractivity contribution in [3.05, 3.63) is 58.9 Å². The van der Waals surface area contributed by atoms with Crippen molar-refractivity contribution in [2.75, 3.05) is 18.5 Å². The summed E-state index contributed by atoms with van der Waals surface area (Å²) in [5, 5.41) is 0. The summed E-state index contributed by atoms with van der Waals surface area (Å²) in [4.78, 5) is 9.95. The van der Waals surface area contributed by atoms with Crippen LogP contribution < -0.4 is 4.90 Å². The molecule has 0 aliphatic carbocycles. The zero-order chi connectivity index (χ0) is 18.5. The minimum atomic E-state index is 0.673. The molecule has 0 radical (unpaired) electrons. The smallest absolute Gasteiger partial charge is 0.0406 e. The van der Waals surface area contributed by atoms with E-state index in [9.17, 15) is 0 Å². The van der Waals surface area contributed by atoms with E-state index >= 15 is 0 Å². The third-order valence-corrected chi connectivity index (χ3v) is 7.34. The molecule has 1 unspecified atom stereocenters. The topological polar surface area (TPSA) is 19.4 Å². The molecule has 2 aromatic rings. The first kappa shape index (κ1) is 17.2. The number of fused-ring (bicyclic) bond motifs is 6. The third kappa shape index (κ3) is 2.87. The Morgan fingerprint density at radius 3 is 2.78 bits per heavy atom. The zero-order valence-corrected chi connectivity index (χ0v) is 16.9. The molecule has 3 heteroatoms. The fraction of sp³-hybridized carbons (Fsp3) is 0.542. The first-order valence-electron chi connectivity index (χ1n) is 10.6. The van der Waals surface area contributed by atoms with Crippen molar-refractivity contribution in [1.29, 1.82) is 0 Å². The van der Waals surface area contributed by atoms with Crippen molar-refractivity contribution in [1.82, 2.24) is 9.88 Å². The van der Waals surface area contributed by atoms with E-state index in [2.05, 4.69) is 72.2 Å². The van der Waals surface area contributed by atoms with Gasteiger partial charge in [0.15, 0.2) is 0 Å². The highest BCUT2D eigenvalue weighted by Gasteiger charge is 2.50. The van der Waals surface area contributed by atoms with Crippen LogP contribution >= 0.6 is 0 Å². The monoisotopic (exact) mass is 361 g/mol. The highest BCUT2D eigenvalue weighted by atomic mass is 15.3. The van der Waals surface area contributed by atoms with Crippen LogP contribution in [-0.4, -0.2) is 41.6 Å². The summed E-state index contributed by atoms with van der Waals surface area (Å²) in [5.41, 5.74) is 6.96. The molecule has 27 heavy (non-hydrogen) atoms. The largest absolute Gasteiger partial charge is 0.367 e. The first-order chi connectivity index (χ1) is 13.1. The van der Waals surface area contributed by atoms with Gasteiger partial charge in [-0.05, 0) is 69.8 Å². The van der Waals surface area contributed by atoms with Crippen LogP contribution in [0.4, 0.5) is 5.69 Å². The first-order valence-corrected chi connectivity index (χ1v) is 10.6. The maximum Gasteiger partial charge on any atom is 0.0406 e. The normalized spacial score (nSPS) is 29.5. The van der Waals surface area contributed by atoms with Gasteiger partial charge in [0.1, 0.15) is 0 Å². The van der Waals surface area contributed by atoms with Gasteiger partial charge in [0.05, 0.1) is 0 Å². The van der Waals surface area contributed by atoms with Gasteiger partial charge in [0, 0.05) is 48.2 Å². The Bertz CT molecular complexity index is 828. The van der Waals surface area contributed by atoms with Gasteiger partial charge in [-0.15, -0.1) is 0 Å². The predicted molar refractivity (Wildman–Crippen MR) is 112 cm³/mol. The molecule has 2 fully saturated rings. The molecule has 3 nitrogen and oxygen atoms in total. The van der Waals surface area contributed by atoms with Crippen molar-refractivity contribution in [2.24, 2.45) is 0 Å². The Morgan fingerprint density at radius 1 is 1.07 bits per heavy atom. The summed E-state index contributed by atoms with van der Waals surface area (Å²) >= 11 is 0. The van der Waals surface area contributed by atoms with Crippen molar-refractivity contribution < 1.29 is 0 Å². The lowest BCUT2D eigenvalue weighted by atomic mass is 9.73. The molecule has 0 N–H and O–H groups in total. The van der Waals surface area contributed by atoms with Crippen LogP contribution in [-0.2, 0) is 6.42 Å². The number of likely N-dealkylation sites (N-methyl/N-ethyl adjacent to an activating group) is 1. The Hall–Kier alpha value is -1.87. The summed E-state index contributed by atoms with van der Waals surface area (Å²) in [6.07, 6.45) is 8.59. The van der Waals surface area contributed by atoms with Gasteiger partial charge >= 0.3 is 0 Å². The highest BCUT2D eigenvalue weighted by molar-refractivity contribution is 5.64. The Kier molecular flexibility index (Phi) is 4.23. The average Bonchev–Trinajstić information content (AvgIpc) is 2.93.